The highest BCUT2D eigenvalue weighted by atomic mass is 19.1. The molecule has 0 aromatic heterocycles. The molecule has 0 aliphatic carbocycles. The number of ether oxygens (including phenoxy) is 1. The number of hydrogen-bond donors (Lipinski definition) is 2. The molecular weight excluding hydrogens is 337 g/mol. The largest absolute Gasteiger partial charge is 0.494 e. The molecular formula is C19H20FN3O3. The average molecular weight is 357 g/mol. The second kappa shape index (κ2) is 9.93. The molecule has 26 heavy (non-hydrogen) atoms. The van der Waals surface area contributed by atoms with Gasteiger partial charge < -0.3 is 10.1 Å². The molecule has 2 aromatic rings. The van der Waals surface area contributed by atoms with Crippen LogP contribution < -0.4 is 15.5 Å². The Morgan fingerprint density at radius 1 is 1.08 bits per heavy atom. The van der Waals surface area contributed by atoms with Gasteiger partial charge in [-0.2, -0.15) is 5.10 Å². The molecule has 0 fully saturated rings. The van der Waals surface area contributed by atoms with E-state index in [1.54, 1.807) is 18.2 Å². The summed E-state index contributed by atoms with van der Waals surface area (Å²) in [6.07, 6.45) is 1.37. The smallest absolute Gasteiger partial charge is 0.240 e. The minimum absolute atomic E-state index is 0.0547. The number of halogens is 1. The Morgan fingerprint density at radius 2 is 1.77 bits per heavy atom. The standard InChI is InChI=1S/C19H20FN3O3/c1-2-26-15-9-7-14(8-10-15)13-21-23-19(25)12-11-18(24)22-17-6-4-3-5-16(17)20/h3-10,13H,2,11-12H2,1H3,(H,22,24)(H,23,25). The van der Waals surface area contributed by atoms with Gasteiger partial charge in [-0.1, -0.05) is 12.1 Å². The summed E-state index contributed by atoms with van der Waals surface area (Å²) in [6, 6.07) is 13.1. The van der Waals surface area contributed by atoms with Crippen molar-refractivity contribution < 1.29 is 18.7 Å². The van der Waals surface area contributed by atoms with E-state index in [-0.39, 0.29) is 18.5 Å². The minimum atomic E-state index is -0.523. The highest BCUT2D eigenvalue weighted by Gasteiger charge is 2.08. The number of benzene rings is 2. The molecule has 6 nitrogen and oxygen atoms in total. The first-order valence-corrected chi connectivity index (χ1v) is 8.17. The van der Waals surface area contributed by atoms with Gasteiger partial charge in [-0.3, -0.25) is 9.59 Å². The summed E-state index contributed by atoms with van der Waals surface area (Å²) in [5.74, 6) is -0.614. The molecule has 0 aliphatic rings. The van der Waals surface area contributed by atoms with Crippen molar-refractivity contribution >= 4 is 23.7 Å². The summed E-state index contributed by atoms with van der Waals surface area (Å²) in [5.41, 5.74) is 3.23. The van der Waals surface area contributed by atoms with Crippen molar-refractivity contribution in [2.24, 2.45) is 5.10 Å². The first-order valence-electron chi connectivity index (χ1n) is 8.17. The number of carbonyl (C=O) groups excluding carboxylic acids is 2. The highest BCUT2D eigenvalue weighted by Crippen LogP contribution is 2.13. The number of amides is 2. The quantitative estimate of drug-likeness (QED) is 0.563. The van der Waals surface area contributed by atoms with Crippen LogP contribution in [0.5, 0.6) is 5.75 Å². The van der Waals surface area contributed by atoms with Crippen molar-refractivity contribution in [3.05, 3.63) is 59.9 Å². The molecule has 0 unspecified atom stereocenters. The first-order chi connectivity index (χ1) is 12.6. The van der Waals surface area contributed by atoms with Crippen molar-refractivity contribution in [3.63, 3.8) is 0 Å². The molecule has 2 amide bonds. The molecule has 0 spiro atoms. The van der Waals surface area contributed by atoms with Crippen LogP contribution in [-0.4, -0.2) is 24.6 Å². The van der Waals surface area contributed by atoms with Gasteiger partial charge in [-0.25, -0.2) is 9.82 Å². The minimum Gasteiger partial charge on any atom is -0.494 e. The zero-order chi connectivity index (χ0) is 18.8. The maximum Gasteiger partial charge on any atom is 0.240 e. The topological polar surface area (TPSA) is 79.8 Å². The number of hydrogen-bond acceptors (Lipinski definition) is 4. The third-order valence-electron chi connectivity index (χ3n) is 3.32. The van der Waals surface area contributed by atoms with E-state index in [1.807, 2.05) is 19.1 Å². The highest BCUT2D eigenvalue weighted by molar-refractivity contribution is 5.93. The molecule has 0 radical (unpaired) electrons. The molecule has 0 saturated heterocycles. The van der Waals surface area contributed by atoms with E-state index in [0.29, 0.717) is 6.61 Å². The van der Waals surface area contributed by atoms with Crippen LogP contribution in [-0.2, 0) is 9.59 Å². The maximum absolute atomic E-state index is 13.4. The van der Waals surface area contributed by atoms with Gasteiger partial charge in [0.25, 0.3) is 0 Å². The van der Waals surface area contributed by atoms with Crippen LogP contribution in [0.3, 0.4) is 0 Å². The van der Waals surface area contributed by atoms with Crippen LogP contribution in [0.15, 0.2) is 53.6 Å². The van der Waals surface area contributed by atoms with Crippen molar-refractivity contribution in [1.29, 1.82) is 0 Å². The molecule has 0 saturated carbocycles. The number of carbonyl (C=O) groups is 2. The summed E-state index contributed by atoms with van der Waals surface area (Å²) in [7, 11) is 0. The van der Waals surface area contributed by atoms with E-state index in [4.69, 9.17) is 4.74 Å². The predicted molar refractivity (Wildman–Crippen MR) is 97.6 cm³/mol. The lowest BCUT2D eigenvalue weighted by Crippen LogP contribution is -2.20. The van der Waals surface area contributed by atoms with Gasteiger partial charge in [0, 0.05) is 12.8 Å². The number of rotatable bonds is 8. The number of hydrazone groups is 1. The van der Waals surface area contributed by atoms with E-state index in [0.717, 1.165) is 11.3 Å². The van der Waals surface area contributed by atoms with Crippen molar-refractivity contribution in [2.45, 2.75) is 19.8 Å². The van der Waals surface area contributed by atoms with Crippen molar-refractivity contribution in [3.8, 4) is 5.75 Å². The normalized spacial score (nSPS) is 10.5. The van der Waals surface area contributed by atoms with Crippen LogP contribution in [0.1, 0.15) is 25.3 Å². The fraction of sp³-hybridized carbons (Fsp3) is 0.211. The lowest BCUT2D eigenvalue weighted by molar-refractivity contribution is -0.124. The van der Waals surface area contributed by atoms with Gasteiger partial charge in [0.15, 0.2) is 0 Å². The first kappa shape index (κ1) is 19.1. The molecule has 0 heterocycles. The van der Waals surface area contributed by atoms with E-state index in [1.165, 1.54) is 24.4 Å². The van der Waals surface area contributed by atoms with E-state index >= 15 is 0 Å². The molecule has 2 aromatic carbocycles. The summed E-state index contributed by atoms with van der Waals surface area (Å²) >= 11 is 0. The monoisotopic (exact) mass is 357 g/mol. The predicted octanol–water partition coefficient (Wildman–Crippen LogP) is 3.09. The van der Waals surface area contributed by atoms with Gasteiger partial charge in [0.2, 0.25) is 11.8 Å². The van der Waals surface area contributed by atoms with E-state index in [2.05, 4.69) is 15.8 Å². The summed E-state index contributed by atoms with van der Waals surface area (Å²) in [4.78, 5) is 23.4. The van der Waals surface area contributed by atoms with Gasteiger partial charge in [0.1, 0.15) is 11.6 Å². The van der Waals surface area contributed by atoms with Crippen LogP contribution in [0.25, 0.3) is 0 Å². The van der Waals surface area contributed by atoms with Crippen molar-refractivity contribution in [1.82, 2.24) is 5.43 Å². The zero-order valence-corrected chi connectivity index (χ0v) is 14.4. The van der Waals surface area contributed by atoms with Gasteiger partial charge in [0.05, 0.1) is 18.5 Å². The van der Waals surface area contributed by atoms with Crippen LogP contribution in [0.2, 0.25) is 0 Å². The number of anilines is 1. The molecule has 0 bridgehead atoms. The van der Waals surface area contributed by atoms with Crippen LogP contribution in [0.4, 0.5) is 10.1 Å². The van der Waals surface area contributed by atoms with Crippen LogP contribution in [0, 0.1) is 5.82 Å². The second-order valence-corrected chi connectivity index (χ2v) is 5.32. The molecule has 0 atom stereocenters. The third-order valence-corrected chi connectivity index (χ3v) is 3.32. The number of nitrogens with one attached hydrogen (secondary N) is 2. The van der Waals surface area contributed by atoms with E-state index in [9.17, 15) is 14.0 Å². The van der Waals surface area contributed by atoms with Crippen molar-refractivity contribution in [2.75, 3.05) is 11.9 Å². The van der Waals surface area contributed by atoms with Crippen LogP contribution >= 0.6 is 0 Å². The van der Waals surface area contributed by atoms with E-state index < -0.39 is 17.6 Å². The molecule has 2 rings (SSSR count). The Hall–Kier alpha value is -3.22. The number of para-hydroxylation sites is 1. The molecule has 136 valence electrons. The zero-order valence-electron chi connectivity index (χ0n) is 14.4. The summed E-state index contributed by atoms with van der Waals surface area (Å²) in [5, 5.41) is 6.26. The lowest BCUT2D eigenvalue weighted by atomic mass is 10.2. The van der Waals surface area contributed by atoms with Gasteiger partial charge in [-0.05, 0) is 48.9 Å². The molecule has 7 heteroatoms. The van der Waals surface area contributed by atoms with Gasteiger partial charge >= 0.3 is 0 Å². The fourth-order valence-corrected chi connectivity index (χ4v) is 2.05. The second-order valence-electron chi connectivity index (χ2n) is 5.32. The summed E-state index contributed by atoms with van der Waals surface area (Å²) in [6.45, 7) is 2.50. The maximum atomic E-state index is 13.4. The Morgan fingerprint density at radius 3 is 2.46 bits per heavy atom. The molecule has 0 aliphatic heterocycles. The Balaban J connectivity index is 1.73. The summed E-state index contributed by atoms with van der Waals surface area (Å²) < 4.78 is 18.8. The Kier molecular flexibility index (Phi) is 7.30. The Bertz CT molecular complexity index is 776. The third kappa shape index (κ3) is 6.35. The molecule has 2 N–H and O–H groups in total. The number of nitrogens with zero attached hydrogens (tertiary/aromatic N) is 1. The SMILES string of the molecule is CCOc1ccc(C=NNC(=O)CCC(=O)Nc2ccccc2F)cc1. The Labute approximate surface area is 151 Å². The average Bonchev–Trinajstić information content (AvgIpc) is 2.64. The fourth-order valence-electron chi connectivity index (χ4n) is 2.05. The lowest BCUT2D eigenvalue weighted by Gasteiger charge is -2.05. The van der Waals surface area contributed by atoms with Gasteiger partial charge in [-0.15, -0.1) is 0 Å².